The van der Waals surface area contributed by atoms with Crippen LogP contribution in [0.5, 0.6) is 0 Å². The summed E-state index contributed by atoms with van der Waals surface area (Å²) in [6.45, 7) is 1.92. The van der Waals surface area contributed by atoms with Crippen LogP contribution in [0.25, 0.3) is 0 Å². The third-order valence-corrected chi connectivity index (χ3v) is 6.00. The van der Waals surface area contributed by atoms with E-state index in [0.29, 0.717) is 17.0 Å². The Morgan fingerprint density at radius 1 is 1.42 bits per heavy atom. The number of nitrogens with one attached hydrogen (secondary N) is 1. The van der Waals surface area contributed by atoms with Crippen molar-refractivity contribution in [2.75, 3.05) is 12.4 Å². The molecule has 0 aromatic heterocycles. The van der Waals surface area contributed by atoms with E-state index in [1.807, 2.05) is 12.1 Å². The number of dihydropyridines is 1. The highest BCUT2D eigenvalue weighted by Crippen LogP contribution is 2.46. The number of carboxylic acids is 1. The van der Waals surface area contributed by atoms with E-state index in [1.165, 1.54) is 5.56 Å². The van der Waals surface area contributed by atoms with Gasteiger partial charge in [-0.2, -0.15) is 0 Å². The van der Waals surface area contributed by atoms with Gasteiger partial charge >= 0.3 is 11.9 Å². The summed E-state index contributed by atoms with van der Waals surface area (Å²) in [6.07, 6.45) is 2.10. The topological polar surface area (TPSA) is 75.6 Å². The molecule has 3 aliphatic heterocycles. The number of esters is 1. The van der Waals surface area contributed by atoms with Crippen molar-refractivity contribution >= 4 is 23.7 Å². The molecule has 1 aromatic rings. The second-order valence-electron chi connectivity index (χ2n) is 6.16. The van der Waals surface area contributed by atoms with Gasteiger partial charge in [-0.25, -0.2) is 9.59 Å². The second kappa shape index (κ2) is 5.70. The highest BCUT2D eigenvalue weighted by Gasteiger charge is 2.42. The number of thioether (sulfide) groups is 1. The molecule has 0 amide bonds. The number of benzene rings is 1. The van der Waals surface area contributed by atoms with E-state index in [2.05, 4.69) is 11.4 Å². The first-order valence-electron chi connectivity index (χ1n) is 7.93. The second-order valence-corrected chi connectivity index (χ2v) is 7.26. The van der Waals surface area contributed by atoms with E-state index in [0.717, 1.165) is 29.1 Å². The number of aryl methyl sites for hydroxylation is 1. The number of carboxylic acid groups (broad SMARTS) is 1. The number of rotatable bonds is 2. The Balaban J connectivity index is 1.94. The fraction of sp³-hybridized carbons (Fsp3) is 0.333. The van der Waals surface area contributed by atoms with Crippen LogP contribution in [0.4, 0.5) is 0 Å². The average molecular weight is 343 g/mol. The van der Waals surface area contributed by atoms with Crippen LogP contribution < -0.4 is 5.32 Å². The van der Waals surface area contributed by atoms with E-state index in [1.54, 1.807) is 18.7 Å². The van der Waals surface area contributed by atoms with Gasteiger partial charge < -0.3 is 15.2 Å². The molecule has 0 saturated heterocycles. The molecule has 0 saturated carbocycles. The molecule has 1 aromatic carbocycles. The van der Waals surface area contributed by atoms with Gasteiger partial charge in [-0.15, -0.1) is 11.8 Å². The fourth-order valence-electron chi connectivity index (χ4n) is 3.70. The normalized spacial score (nSPS) is 22.7. The maximum Gasteiger partial charge on any atom is 0.337 e. The molecule has 3 heterocycles. The lowest BCUT2D eigenvalue weighted by Crippen LogP contribution is -2.29. The molecule has 2 N–H and O–H groups in total. The summed E-state index contributed by atoms with van der Waals surface area (Å²) < 4.78 is 5.17. The molecule has 5 nitrogen and oxygen atoms in total. The third-order valence-electron chi connectivity index (χ3n) is 4.72. The number of carbonyl (C=O) groups is 2. The van der Waals surface area contributed by atoms with E-state index in [4.69, 9.17) is 4.74 Å². The Bertz CT molecular complexity index is 822. The van der Waals surface area contributed by atoms with Crippen molar-refractivity contribution in [3.63, 3.8) is 0 Å². The van der Waals surface area contributed by atoms with Crippen LogP contribution >= 0.6 is 11.8 Å². The van der Waals surface area contributed by atoms with Gasteiger partial charge in [0.1, 0.15) is 6.61 Å². The molecule has 124 valence electrons. The van der Waals surface area contributed by atoms with Gasteiger partial charge in [0.25, 0.3) is 0 Å². The lowest BCUT2D eigenvalue weighted by Gasteiger charge is -2.29. The van der Waals surface area contributed by atoms with Gasteiger partial charge in [0.15, 0.2) is 0 Å². The van der Waals surface area contributed by atoms with Crippen molar-refractivity contribution in [1.29, 1.82) is 0 Å². The van der Waals surface area contributed by atoms with Gasteiger partial charge in [0.2, 0.25) is 0 Å². The van der Waals surface area contributed by atoms with Gasteiger partial charge in [-0.1, -0.05) is 18.2 Å². The van der Waals surface area contributed by atoms with Crippen LogP contribution in [-0.2, 0) is 20.7 Å². The molecule has 1 atom stereocenters. The molecular formula is C18H17NO4S. The van der Waals surface area contributed by atoms with Crippen molar-refractivity contribution < 1.29 is 19.4 Å². The number of fused-ring (bicyclic) bond motifs is 1. The van der Waals surface area contributed by atoms with Gasteiger partial charge in [-0.3, -0.25) is 0 Å². The summed E-state index contributed by atoms with van der Waals surface area (Å²) in [7, 11) is 0. The van der Waals surface area contributed by atoms with E-state index < -0.39 is 17.9 Å². The van der Waals surface area contributed by atoms with Crippen LogP contribution in [0.2, 0.25) is 0 Å². The first kappa shape index (κ1) is 15.3. The lowest BCUT2D eigenvalue weighted by atomic mass is 9.80. The van der Waals surface area contributed by atoms with Crippen molar-refractivity contribution in [3.8, 4) is 0 Å². The largest absolute Gasteiger partial charge is 0.478 e. The maximum absolute atomic E-state index is 12.3. The Labute approximate surface area is 143 Å². The van der Waals surface area contributed by atoms with Crippen LogP contribution in [0.1, 0.15) is 30.4 Å². The maximum atomic E-state index is 12.3. The smallest absolute Gasteiger partial charge is 0.337 e. The summed E-state index contributed by atoms with van der Waals surface area (Å²) >= 11 is 1.75. The molecule has 0 spiro atoms. The lowest BCUT2D eigenvalue weighted by molar-refractivity contribution is -0.136. The number of ether oxygens (including phenoxy) is 1. The number of carbonyl (C=O) groups excluding carboxylic acids is 1. The average Bonchev–Trinajstić information content (AvgIpc) is 2.93. The Morgan fingerprint density at radius 3 is 3.04 bits per heavy atom. The van der Waals surface area contributed by atoms with Crippen LogP contribution in [0.15, 0.2) is 45.6 Å². The molecule has 1 unspecified atom stereocenters. The molecule has 0 bridgehead atoms. The monoisotopic (exact) mass is 343 g/mol. The first-order chi connectivity index (χ1) is 11.6. The number of cyclic esters (lactones) is 1. The Hall–Kier alpha value is -2.21. The molecular weight excluding hydrogens is 326 g/mol. The summed E-state index contributed by atoms with van der Waals surface area (Å²) in [6, 6.07) is 5.99. The minimum Gasteiger partial charge on any atom is -0.478 e. The van der Waals surface area contributed by atoms with E-state index in [9.17, 15) is 14.7 Å². The molecule has 0 fully saturated rings. The van der Waals surface area contributed by atoms with Gasteiger partial charge in [0, 0.05) is 10.6 Å². The van der Waals surface area contributed by atoms with Crippen LogP contribution in [0.3, 0.4) is 0 Å². The predicted molar refractivity (Wildman–Crippen MR) is 89.7 cm³/mol. The van der Waals surface area contributed by atoms with E-state index in [-0.39, 0.29) is 12.2 Å². The van der Waals surface area contributed by atoms with Crippen molar-refractivity contribution in [2.45, 2.75) is 30.6 Å². The zero-order valence-corrected chi connectivity index (χ0v) is 14.0. The van der Waals surface area contributed by atoms with Crippen LogP contribution in [-0.4, -0.2) is 29.4 Å². The zero-order valence-electron chi connectivity index (χ0n) is 13.2. The third kappa shape index (κ3) is 2.24. The summed E-state index contributed by atoms with van der Waals surface area (Å²) in [4.78, 5) is 25.3. The number of hydrogen-bond donors (Lipinski definition) is 2. The molecule has 0 aliphatic carbocycles. The van der Waals surface area contributed by atoms with Crippen molar-refractivity contribution in [1.82, 2.24) is 5.32 Å². The molecule has 4 rings (SSSR count). The summed E-state index contributed by atoms with van der Waals surface area (Å²) in [5, 5.41) is 12.8. The number of aliphatic carboxylic acids is 1. The number of allylic oxidation sites excluding steroid dienone is 1. The standard InChI is InChI=1S/C18H17NO4S/c1-9-13(17(20)21)14(15-12(19-9)8-23-18(15)22)11-6-2-4-10-5-3-7-24-16(10)11/h2,4,6,14,19H,3,5,7-8H2,1H3,(H,20,21). The Kier molecular flexibility index (Phi) is 3.64. The van der Waals surface area contributed by atoms with Crippen molar-refractivity contribution in [2.24, 2.45) is 0 Å². The zero-order chi connectivity index (χ0) is 16.8. The molecule has 6 heteroatoms. The SMILES string of the molecule is CC1=C(C(=O)O)C(c2cccc3c2SCCC3)C2=C(COC2=O)N1. The minimum atomic E-state index is -1.00. The first-order valence-corrected chi connectivity index (χ1v) is 8.92. The summed E-state index contributed by atoms with van der Waals surface area (Å²) in [5.41, 5.74) is 4.07. The molecule has 0 radical (unpaired) electrons. The molecule has 3 aliphatic rings. The Morgan fingerprint density at radius 2 is 2.25 bits per heavy atom. The summed E-state index contributed by atoms with van der Waals surface area (Å²) in [5.74, 6) is -0.993. The van der Waals surface area contributed by atoms with Crippen LogP contribution in [0, 0.1) is 0 Å². The van der Waals surface area contributed by atoms with Crippen molar-refractivity contribution in [3.05, 3.63) is 51.9 Å². The van der Waals surface area contributed by atoms with Gasteiger partial charge in [-0.05, 0) is 36.6 Å². The predicted octanol–water partition coefficient (Wildman–Crippen LogP) is 2.58. The number of hydrogen-bond acceptors (Lipinski definition) is 5. The van der Waals surface area contributed by atoms with Gasteiger partial charge in [0.05, 0.1) is 22.8 Å². The highest BCUT2D eigenvalue weighted by atomic mass is 32.2. The fourth-order valence-corrected chi connectivity index (χ4v) is 4.90. The quantitative estimate of drug-likeness (QED) is 0.804. The molecule has 24 heavy (non-hydrogen) atoms. The minimum absolute atomic E-state index is 0.178. The highest BCUT2D eigenvalue weighted by molar-refractivity contribution is 7.99. The van der Waals surface area contributed by atoms with E-state index >= 15 is 0 Å².